The molecule has 0 aromatic heterocycles. The van der Waals surface area contributed by atoms with Gasteiger partial charge in [-0.25, -0.2) is 0 Å². The Bertz CT molecular complexity index is 1150. The molecule has 4 rings (SSSR count). The summed E-state index contributed by atoms with van der Waals surface area (Å²) in [5.41, 5.74) is 2.03. The van der Waals surface area contributed by atoms with Gasteiger partial charge >= 0.3 is 5.97 Å². The molecule has 0 aliphatic carbocycles. The first-order chi connectivity index (χ1) is 15.5. The van der Waals surface area contributed by atoms with Gasteiger partial charge in [0.15, 0.2) is 12.4 Å². The van der Waals surface area contributed by atoms with Crippen molar-refractivity contribution in [3.63, 3.8) is 0 Å². The van der Waals surface area contributed by atoms with Crippen LogP contribution in [0.25, 0.3) is 5.70 Å². The van der Waals surface area contributed by atoms with E-state index in [1.54, 1.807) is 60.7 Å². The number of esters is 1. The van der Waals surface area contributed by atoms with Crippen LogP contribution in [0.2, 0.25) is 0 Å². The summed E-state index contributed by atoms with van der Waals surface area (Å²) in [6.45, 7) is 3.05. The van der Waals surface area contributed by atoms with Crippen molar-refractivity contribution in [1.82, 2.24) is 4.90 Å². The summed E-state index contributed by atoms with van der Waals surface area (Å²) in [6, 6.07) is 23.1. The minimum atomic E-state index is -0.712. The number of fused-ring (bicyclic) bond motifs is 1. The van der Waals surface area contributed by atoms with Crippen LogP contribution in [0.4, 0.5) is 5.69 Å². The van der Waals surface area contributed by atoms with Crippen LogP contribution in [-0.2, 0) is 14.3 Å². The van der Waals surface area contributed by atoms with Crippen LogP contribution < -0.4 is 10.1 Å². The highest BCUT2D eigenvalue weighted by Crippen LogP contribution is 2.31. The molecule has 0 unspecified atom stereocenters. The van der Waals surface area contributed by atoms with Gasteiger partial charge in [-0.05, 0) is 30.3 Å². The van der Waals surface area contributed by atoms with Crippen LogP contribution in [0.3, 0.4) is 0 Å². The third kappa shape index (κ3) is 4.52. The number of carbonyl (C=O) groups is 3. The van der Waals surface area contributed by atoms with E-state index in [1.165, 1.54) is 4.90 Å². The van der Waals surface area contributed by atoms with Crippen molar-refractivity contribution in [3.05, 3.63) is 96.6 Å². The number of benzene rings is 3. The maximum absolute atomic E-state index is 12.5. The molecule has 7 heteroatoms. The number of carbonyl (C=O) groups excluding carboxylic acids is 3. The highest BCUT2D eigenvalue weighted by atomic mass is 16.5. The van der Waals surface area contributed by atoms with Crippen molar-refractivity contribution in [1.29, 1.82) is 0 Å². The van der Waals surface area contributed by atoms with E-state index < -0.39 is 18.5 Å². The second-order valence-electron chi connectivity index (χ2n) is 7.00. The van der Waals surface area contributed by atoms with E-state index in [0.29, 0.717) is 34.0 Å². The zero-order valence-electron chi connectivity index (χ0n) is 17.1. The Morgan fingerprint density at radius 2 is 1.53 bits per heavy atom. The lowest BCUT2D eigenvalue weighted by molar-refractivity contribution is -0.147. The molecular weight excluding hydrogens is 408 g/mol. The Kier molecular flexibility index (Phi) is 5.98. The lowest BCUT2D eigenvalue weighted by atomic mass is 10.1. The summed E-state index contributed by atoms with van der Waals surface area (Å²) >= 11 is 0. The maximum atomic E-state index is 12.5. The quantitative estimate of drug-likeness (QED) is 0.573. The summed E-state index contributed by atoms with van der Waals surface area (Å²) in [5.74, 6) is -0.486. The van der Waals surface area contributed by atoms with Gasteiger partial charge in [0.2, 0.25) is 0 Å². The summed E-state index contributed by atoms with van der Waals surface area (Å²) in [4.78, 5) is 38.3. The molecule has 0 atom stereocenters. The van der Waals surface area contributed by atoms with Gasteiger partial charge in [-0.3, -0.25) is 19.3 Å². The number of hydrogen-bond donors (Lipinski definition) is 1. The van der Waals surface area contributed by atoms with Gasteiger partial charge in [-0.2, -0.15) is 0 Å². The average molecular weight is 428 g/mol. The van der Waals surface area contributed by atoms with E-state index in [1.807, 2.05) is 18.2 Å². The molecule has 7 nitrogen and oxygen atoms in total. The fourth-order valence-electron chi connectivity index (χ4n) is 3.28. The molecule has 1 aliphatic rings. The third-order valence-corrected chi connectivity index (χ3v) is 4.82. The van der Waals surface area contributed by atoms with E-state index >= 15 is 0 Å². The smallest absolute Gasteiger partial charge is 0.326 e. The van der Waals surface area contributed by atoms with Crippen molar-refractivity contribution in [2.75, 3.05) is 18.5 Å². The third-order valence-electron chi connectivity index (χ3n) is 4.82. The zero-order chi connectivity index (χ0) is 22.5. The number of nitrogens with one attached hydrogen (secondary N) is 1. The molecule has 0 spiro atoms. The van der Waals surface area contributed by atoms with Crippen LogP contribution in [0.1, 0.15) is 15.9 Å². The highest BCUT2D eigenvalue weighted by molar-refractivity contribution is 6.10. The number of nitrogens with zero attached hydrogens (tertiary/aromatic N) is 1. The van der Waals surface area contributed by atoms with Crippen LogP contribution in [0, 0.1) is 0 Å². The van der Waals surface area contributed by atoms with Crippen molar-refractivity contribution in [2.45, 2.75) is 0 Å². The molecule has 160 valence electrons. The van der Waals surface area contributed by atoms with Crippen molar-refractivity contribution >= 4 is 29.2 Å². The summed E-state index contributed by atoms with van der Waals surface area (Å²) < 4.78 is 10.9. The van der Waals surface area contributed by atoms with E-state index in [-0.39, 0.29) is 12.5 Å². The van der Waals surface area contributed by atoms with Gasteiger partial charge in [0.05, 0.1) is 5.69 Å². The standard InChI is InChI=1S/C25H20N2O5/c1-17-19-11-5-6-12-20(19)25(30)27(17)15-24(29)31-16-23(28)26-21-13-7-8-14-22(21)32-18-9-3-2-4-10-18/h2-14H,1,15-16H2,(H,26,28). The summed E-state index contributed by atoms with van der Waals surface area (Å²) in [7, 11) is 0. The molecule has 0 fully saturated rings. The van der Waals surface area contributed by atoms with Gasteiger partial charge in [-0.1, -0.05) is 55.1 Å². The predicted molar refractivity (Wildman–Crippen MR) is 119 cm³/mol. The Morgan fingerprint density at radius 3 is 2.28 bits per heavy atom. The molecule has 1 aliphatic heterocycles. The van der Waals surface area contributed by atoms with E-state index in [2.05, 4.69) is 11.9 Å². The maximum Gasteiger partial charge on any atom is 0.326 e. The summed E-state index contributed by atoms with van der Waals surface area (Å²) in [6.07, 6.45) is 0. The lowest BCUT2D eigenvalue weighted by Crippen LogP contribution is -2.32. The normalized spacial score (nSPS) is 12.3. The zero-order valence-corrected chi connectivity index (χ0v) is 17.1. The Balaban J connectivity index is 1.32. The van der Waals surface area contributed by atoms with Crippen molar-refractivity contribution < 1.29 is 23.9 Å². The molecule has 1 heterocycles. The van der Waals surface area contributed by atoms with E-state index in [9.17, 15) is 14.4 Å². The first-order valence-corrected chi connectivity index (χ1v) is 9.90. The molecule has 0 bridgehead atoms. The molecule has 3 aromatic rings. The Labute approximate surface area is 184 Å². The van der Waals surface area contributed by atoms with Gasteiger partial charge in [0.25, 0.3) is 11.8 Å². The molecule has 0 saturated heterocycles. The van der Waals surface area contributed by atoms with E-state index in [4.69, 9.17) is 9.47 Å². The van der Waals surface area contributed by atoms with Gasteiger partial charge < -0.3 is 14.8 Å². The first kappa shape index (κ1) is 20.9. The fourth-order valence-corrected chi connectivity index (χ4v) is 3.28. The number of para-hydroxylation sites is 3. The van der Waals surface area contributed by atoms with Gasteiger partial charge in [-0.15, -0.1) is 0 Å². The number of ether oxygens (including phenoxy) is 2. The molecule has 3 aromatic carbocycles. The topological polar surface area (TPSA) is 84.9 Å². The number of amides is 2. The molecule has 0 radical (unpaired) electrons. The number of anilines is 1. The first-order valence-electron chi connectivity index (χ1n) is 9.90. The Morgan fingerprint density at radius 1 is 0.875 bits per heavy atom. The minimum Gasteiger partial charge on any atom is -0.455 e. The predicted octanol–water partition coefficient (Wildman–Crippen LogP) is 4.09. The Hall–Kier alpha value is -4.39. The molecular formula is C25H20N2O5. The van der Waals surface area contributed by atoms with Gasteiger partial charge in [0, 0.05) is 16.8 Å². The minimum absolute atomic E-state index is 0.320. The summed E-state index contributed by atoms with van der Waals surface area (Å²) in [5, 5.41) is 2.67. The molecule has 2 amide bonds. The van der Waals surface area contributed by atoms with Crippen LogP contribution in [0.15, 0.2) is 85.4 Å². The number of hydrogen-bond acceptors (Lipinski definition) is 5. The largest absolute Gasteiger partial charge is 0.455 e. The van der Waals surface area contributed by atoms with Crippen molar-refractivity contribution in [3.8, 4) is 11.5 Å². The number of rotatable bonds is 7. The van der Waals surface area contributed by atoms with E-state index in [0.717, 1.165) is 0 Å². The van der Waals surface area contributed by atoms with Crippen LogP contribution >= 0.6 is 0 Å². The monoisotopic (exact) mass is 428 g/mol. The SMILES string of the molecule is C=C1c2ccccc2C(=O)N1CC(=O)OCC(=O)Nc1ccccc1Oc1ccccc1. The second-order valence-corrected chi connectivity index (χ2v) is 7.00. The second kappa shape index (κ2) is 9.18. The average Bonchev–Trinajstić information content (AvgIpc) is 3.05. The van der Waals surface area contributed by atoms with Gasteiger partial charge in [0.1, 0.15) is 12.3 Å². The van der Waals surface area contributed by atoms with Crippen LogP contribution in [-0.4, -0.2) is 35.8 Å². The fraction of sp³-hybridized carbons (Fsp3) is 0.0800. The molecule has 1 N–H and O–H groups in total. The molecule has 32 heavy (non-hydrogen) atoms. The molecule has 0 saturated carbocycles. The van der Waals surface area contributed by atoms with Crippen LogP contribution in [0.5, 0.6) is 11.5 Å². The lowest BCUT2D eigenvalue weighted by Gasteiger charge is -2.16. The van der Waals surface area contributed by atoms with Crippen molar-refractivity contribution in [2.24, 2.45) is 0 Å². The highest BCUT2D eigenvalue weighted by Gasteiger charge is 2.32.